The first-order valence-corrected chi connectivity index (χ1v) is 12.4. The van der Waals surface area contributed by atoms with Gasteiger partial charge in [0.15, 0.2) is 0 Å². The van der Waals surface area contributed by atoms with Crippen LogP contribution >= 0.6 is 0 Å². The first kappa shape index (κ1) is 20.7. The fourth-order valence-corrected chi connectivity index (χ4v) is 5.47. The van der Waals surface area contributed by atoms with E-state index in [-0.39, 0.29) is 4.90 Å². The van der Waals surface area contributed by atoms with E-state index in [9.17, 15) is 8.42 Å². The zero-order chi connectivity index (χ0) is 22.0. The average molecular weight is 444 g/mol. The third-order valence-corrected chi connectivity index (χ3v) is 7.33. The highest BCUT2D eigenvalue weighted by Crippen LogP contribution is 2.26. The second-order valence-electron chi connectivity index (χ2n) is 8.19. The molecule has 3 aromatic carbocycles. The SMILES string of the molecule is O=S(=O)(Nc1ccc(-c2ccc(CN3CCCC3)cc2)cc1)c1cccc2cccnc12. The fraction of sp³-hybridized carbons (Fsp3) is 0.192. The van der Waals surface area contributed by atoms with Gasteiger partial charge < -0.3 is 0 Å². The zero-order valence-electron chi connectivity index (χ0n) is 17.7. The molecule has 5 nitrogen and oxygen atoms in total. The number of nitrogens with one attached hydrogen (secondary N) is 1. The van der Waals surface area contributed by atoms with Gasteiger partial charge in [-0.1, -0.05) is 54.6 Å². The van der Waals surface area contributed by atoms with Crippen molar-refractivity contribution in [2.45, 2.75) is 24.3 Å². The second kappa shape index (κ2) is 8.73. The summed E-state index contributed by atoms with van der Waals surface area (Å²) in [5.41, 5.74) is 4.47. The van der Waals surface area contributed by atoms with E-state index in [0.717, 1.165) is 23.1 Å². The third kappa shape index (κ3) is 4.38. The molecular weight excluding hydrogens is 418 g/mol. The maximum absolute atomic E-state index is 13.0. The van der Waals surface area contributed by atoms with Gasteiger partial charge in [0, 0.05) is 23.8 Å². The number of nitrogens with zero attached hydrogens (tertiary/aromatic N) is 2. The summed E-state index contributed by atoms with van der Waals surface area (Å²) in [7, 11) is -3.75. The summed E-state index contributed by atoms with van der Waals surface area (Å²) in [5.74, 6) is 0. The van der Waals surface area contributed by atoms with E-state index < -0.39 is 10.0 Å². The second-order valence-corrected chi connectivity index (χ2v) is 9.85. The van der Waals surface area contributed by atoms with Gasteiger partial charge in [0.2, 0.25) is 0 Å². The van der Waals surface area contributed by atoms with Crippen molar-refractivity contribution in [3.05, 3.63) is 90.6 Å². The van der Waals surface area contributed by atoms with Crippen LogP contribution in [0.3, 0.4) is 0 Å². The van der Waals surface area contributed by atoms with Crippen LogP contribution in [-0.4, -0.2) is 31.4 Å². The number of likely N-dealkylation sites (tertiary alicyclic amines) is 1. The van der Waals surface area contributed by atoms with E-state index in [1.54, 1.807) is 36.5 Å². The van der Waals surface area contributed by atoms with Crippen molar-refractivity contribution in [1.29, 1.82) is 0 Å². The Morgan fingerprint density at radius 3 is 2.19 bits per heavy atom. The van der Waals surface area contributed by atoms with Crippen LogP contribution < -0.4 is 4.72 Å². The molecule has 5 rings (SSSR count). The number of hydrogen-bond donors (Lipinski definition) is 1. The van der Waals surface area contributed by atoms with E-state index in [1.807, 2.05) is 24.3 Å². The molecule has 0 amide bonds. The molecular formula is C26H25N3O2S. The van der Waals surface area contributed by atoms with Gasteiger partial charge in [0.1, 0.15) is 4.90 Å². The minimum atomic E-state index is -3.75. The summed E-state index contributed by atoms with van der Waals surface area (Å²) in [5, 5.41) is 0.791. The summed E-state index contributed by atoms with van der Waals surface area (Å²) in [6.07, 6.45) is 4.20. The Balaban J connectivity index is 1.32. The maximum atomic E-state index is 13.0. The highest BCUT2D eigenvalue weighted by Gasteiger charge is 2.18. The van der Waals surface area contributed by atoms with Crippen molar-refractivity contribution in [1.82, 2.24) is 9.88 Å². The first-order valence-electron chi connectivity index (χ1n) is 10.9. The minimum Gasteiger partial charge on any atom is -0.299 e. The number of anilines is 1. The van der Waals surface area contributed by atoms with Gasteiger partial charge in [0.05, 0.1) is 5.52 Å². The Labute approximate surface area is 188 Å². The highest BCUT2D eigenvalue weighted by molar-refractivity contribution is 7.93. The van der Waals surface area contributed by atoms with E-state index in [4.69, 9.17) is 0 Å². The number of sulfonamides is 1. The number of aromatic nitrogens is 1. The molecule has 162 valence electrons. The van der Waals surface area contributed by atoms with Gasteiger partial charge in [0.25, 0.3) is 10.0 Å². The van der Waals surface area contributed by atoms with Crippen molar-refractivity contribution in [2.24, 2.45) is 0 Å². The largest absolute Gasteiger partial charge is 0.299 e. The standard InChI is InChI=1S/C26H25N3O2S/c30-32(31,25-7-3-5-23-6-4-16-27-26(23)25)28-24-14-12-22(13-15-24)21-10-8-20(9-11-21)19-29-17-1-2-18-29/h3-16,28H,1-2,17-19H2. The molecule has 1 aromatic heterocycles. The lowest BCUT2D eigenvalue weighted by molar-refractivity contribution is 0.331. The van der Waals surface area contributed by atoms with Crippen LogP contribution in [0.1, 0.15) is 18.4 Å². The van der Waals surface area contributed by atoms with Crippen LogP contribution in [-0.2, 0) is 16.6 Å². The Kier molecular flexibility index (Phi) is 5.64. The molecule has 0 unspecified atom stereocenters. The van der Waals surface area contributed by atoms with Gasteiger partial charge in [-0.15, -0.1) is 0 Å². The normalized spacial score (nSPS) is 14.6. The van der Waals surface area contributed by atoms with Gasteiger partial charge >= 0.3 is 0 Å². The van der Waals surface area contributed by atoms with E-state index >= 15 is 0 Å². The fourth-order valence-electron chi connectivity index (χ4n) is 4.24. The Bertz CT molecular complexity index is 1320. The van der Waals surface area contributed by atoms with Gasteiger partial charge in [-0.3, -0.25) is 14.6 Å². The summed E-state index contributed by atoms with van der Waals surface area (Å²) in [4.78, 5) is 6.92. The van der Waals surface area contributed by atoms with E-state index in [1.165, 1.54) is 31.5 Å². The molecule has 1 aliphatic rings. The molecule has 1 aliphatic heterocycles. The molecule has 0 aliphatic carbocycles. The Morgan fingerprint density at radius 2 is 1.47 bits per heavy atom. The van der Waals surface area contributed by atoms with Crippen LogP contribution in [0.4, 0.5) is 5.69 Å². The zero-order valence-corrected chi connectivity index (χ0v) is 18.6. The van der Waals surface area contributed by atoms with Crippen LogP contribution in [0.15, 0.2) is 90.0 Å². The summed E-state index contributed by atoms with van der Waals surface area (Å²) >= 11 is 0. The minimum absolute atomic E-state index is 0.174. The lowest BCUT2D eigenvalue weighted by Gasteiger charge is -2.15. The van der Waals surface area contributed by atoms with Crippen LogP contribution in [0.25, 0.3) is 22.0 Å². The average Bonchev–Trinajstić information content (AvgIpc) is 3.33. The number of hydrogen-bond acceptors (Lipinski definition) is 4. The molecule has 6 heteroatoms. The quantitative estimate of drug-likeness (QED) is 0.439. The number of benzene rings is 3. The number of pyridine rings is 1. The van der Waals surface area contributed by atoms with Gasteiger partial charge in [-0.2, -0.15) is 0 Å². The lowest BCUT2D eigenvalue weighted by Crippen LogP contribution is -2.18. The van der Waals surface area contributed by atoms with Crippen molar-refractivity contribution in [2.75, 3.05) is 17.8 Å². The van der Waals surface area contributed by atoms with Crippen LogP contribution in [0.5, 0.6) is 0 Å². The predicted octanol–water partition coefficient (Wildman–Crippen LogP) is 5.30. The van der Waals surface area contributed by atoms with Crippen LogP contribution in [0.2, 0.25) is 0 Å². The predicted molar refractivity (Wildman–Crippen MR) is 129 cm³/mol. The molecule has 32 heavy (non-hydrogen) atoms. The molecule has 1 N–H and O–H groups in total. The third-order valence-electron chi connectivity index (χ3n) is 5.91. The maximum Gasteiger partial charge on any atom is 0.264 e. The van der Waals surface area contributed by atoms with Crippen molar-refractivity contribution in [3.8, 4) is 11.1 Å². The van der Waals surface area contributed by atoms with Crippen molar-refractivity contribution < 1.29 is 8.42 Å². The first-order chi connectivity index (χ1) is 15.6. The molecule has 0 atom stereocenters. The molecule has 0 bridgehead atoms. The van der Waals surface area contributed by atoms with Gasteiger partial charge in [-0.25, -0.2) is 8.42 Å². The van der Waals surface area contributed by atoms with Crippen molar-refractivity contribution in [3.63, 3.8) is 0 Å². The molecule has 0 radical (unpaired) electrons. The molecule has 1 fully saturated rings. The smallest absolute Gasteiger partial charge is 0.264 e. The Hall–Kier alpha value is -3.22. The van der Waals surface area contributed by atoms with Gasteiger partial charge in [-0.05, 0) is 66.9 Å². The van der Waals surface area contributed by atoms with E-state index in [0.29, 0.717) is 11.2 Å². The summed E-state index contributed by atoms with van der Waals surface area (Å²) in [6, 6.07) is 24.9. The lowest BCUT2D eigenvalue weighted by atomic mass is 10.0. The summed E-state index contributed by atoms with van der Waals surface area (Å²) < 4.78 is 28.7. The molecule has 0 saturated carbocycles. The number of rotatable bonds is 6. The topological polar surface area (TPSA) is 62.3 Å². The highest BCUT2D eigenvalue weighted by atomic mass is 32.2. The molecule has 1 saturated heterocycles. The van der Waals surface area contributed by atoms with Crippen molar-refractivity contribution >= 4 is 26.6 Å². The molecule has 0 spiro atoms. The van der Waals surface area contributed by atoms with Crippen LogP contribution in [0, 0.1) is 0 Å². The molecule has 2 heterocycles. The Morgan fingerprint density at radius 1 is 0.812 bits per heavy atom. The summed E-state index contributed by atoms with van der Waals surface area (Å²) in [6.45, 7) is 3.38. The number of fused-ring (bicyclic) bond motifs is 1. The number of para-hydroxylation sites is 1. The van der Waals surface area contributed by atoms with E-state index in [2.05, 4.69) is 38.9 Å². The molecule has 4 aromatic rings. The monoisotopic (exact) mass is 443 g/mol.